The average molecular weight is 305 g/mol. The zero-order valence-corrected chi connectivity index (χ0v) is 12.5. The molecule has 0 radical (unpaired) electrons. The number of hydrogen-bond donors (Lipinski definition) is 2. The maximum atomic E-state index is 12.1. The summed E-state index contributed by atoms with van der Waals surface area (Å²) in [6.07, 6.45) is 0.862. The van der Waals surface area contributed by atoms with Gasteiger partial charge in [-0.3, -0.25) is 4.79 Å². The normalized spacial score (nSPS) is 10.2. The van der Waals surface area contributed by atoms with E-state index in [0.717, 1.165) is 11.3 Å². The smallest absolute Gasteiger partial charge is 0.337 e. The number of anilines is 1. The number of carbonyl (C=O) groups is 2. The molecule has 0 saturated heterocycles. The van der Waals surface area contributed by atoms with E-state index in [0.29, 0.717) is 10.6 Å². The minimum Gasteiger partial charge on any atom is -0.497 e. The Balaban J connectivity index is 2.26. The van der Waals surface area contributed by atoms with Crippen LogP contribution in [0.1, 0.15) is 31.8 Å². The van der Waals surface area contributed by atoms with Crippen LogP contribution in [0.5, 0.6) is 5.75 Å². The van der Waals surface area contributed by atoms with Crippen molar-refractivity contribution in [3.8, 4) is 5.75 Å². The zero-order valence-electron chi connectivity index (χ0n) is 11.7. The Labute approximate surface area is 126 Å². The molecule has 0 saturated carbocycles. The number of ether oxygens (including phenoxy) is 1. The molecule has 0 atom stereocenters. The van der Waals surface area contributed by atoms with Crippen LogP contribution in [0.15, 0.2) is 30.3 Å². The highest BCUT2D eigenvalue weighted by Crippen LogP contribution is 2.24. The molecule has 110 valence electrons. The number of thiophene rings is 1. The molecule has 1 aromatic heterocycles. The van der Waals surface area contributed by atoms with Crippen molar-refractivity contribution >= 4 is 28.9 Å². The molecule has 2 rings (SSSR count). The van der Waals surface area contributed by atoms with E-state index in [-0.39, 0.29) is 17.2 Å². The summed E-state index contributed by atoms with van der Waals surface area (Å²) >= 11 is 1.40. The summed E-state index contributed by atoms with van der Waals surface area (Å²) < 4.78 is 4.99. The lowest BCUT2D eigenvalue weighted by Crippen LogP contribution is -2.13. The van der Waals surface area contributed by atoms with Gasteiger partial charge in [0, 0.05) is 4.88 Å². The molecule has 0 aliphatic carbocycles. The van der Waals surface area contributed by atoms with Crippen molar-refractivity contribution in [2.45, 2.75) is 13.3 Å². The lowest BCUT2D eigenvalue weighted by atomic mass is 10.1. The van der Waals surface area contributed by atoms with E-state index in [4.69, 9.17) is 4.74 Å². The first kappa shape index (κ1) is 15.1. The fourth-order valence-corrected chi connectivity index (χ4v) is 2.65. The summed E-state index contributed by atoms with van der Waals surface area (Å²) in [7, 11) is 1.46. The number of nitrogens with one attached hydrogen (secondary N) is 1. The number of amides is 1. The lowest BCUT2D eigenvalue weighted by Gasteiger charge is -2.09. The third-order valence-corrected chi connectivity index (χ3v) is 4.17. The predicted molar refractivity (Wildman–Crippen MR) is 81.6 cm³/mol. The van der Waals surface area contributed by atoms with E-state index in [1.165, 1.54) is 30.6 Å². The second-order valence-electron chi connectivity index (χ2n) is 4.29. The summed E-state index contributed by atoms with van der Waals surface area (Å²) in [5, 5.41) is 11.8. The Hall–Kier alpha value is -2.34. The van der Waals surface area contributed by atoms with Gasteiger partial charge in [-0.2, -0.15) is 0 Å². The quantitative estimate of drug-likeness (QED) is 0.889. The second kappa shape index (κ2) is 6.41. The topological polar surface area (TPSA) is 75.6 Å². The van der Waals surface area contributed by atoms with E-state index < -0.39 is 5.97 Å². The number of methoxy groups -OCH3 is 1. The Morgan fingerprint density at radius 1 is 1.29 bits per heavy atom. The highest BCUT2D eigenvalue weighted by Gasteiger charge is 2.15. The maximum Gasteiger partial charge on any atom is 0.337 e. The molecule has 1 aromatic carbocycles. The number of aryl methyl sites for hydroxylation is 1. The monoisotopic (exact) mass is 305 g/mol. The number of carboxylic acid groups (broad SMARTS) is 1. The van der Waals surface area contributed by atoms with Gasteiger partial charge in [0.05, 0.1) is 23.2 Å². The van der Waals surface area contributed by atoms with Gasteiger partial charge in [-0.15, -0.1) is 11.3 Å². The van der Waals surface area contributed by atoms with Crippen LogP contribution in [0.25, 0.3) is 0 Å². The molecule has 1 heterocycles. The Morgan fingerprint density at radius 3 is 2.62 bits per heavy atom. The molecular weight excluding hydrogens is 290 g/mol. The summed E-state index contributed by atoms with van der Waals surface area (Å²) in [6, 6.07) is 8.14. The SMILES string of the molecule is CCc1ccc(C(=O)Nc2ccc(OC)cc2C(=O)O)s1. The third-order valence-electron chi connectivity index (χ3n) is 2.94. The van der Waals surface area contributed by atoms with Crippen molar-refractivity contribution in [1.82, 2.24) is 0 Å². The van der Waals surface area contributed by atoms with Gasteiger partial charge in [-0.25, -0.2) is 4.79 Å². The Bertz CT molecular complexity index is 678. The van der Waals surface area contributed by atoms with E-state index in [9.17, 15) is 14.7 Å². The molecule has 0 aliphatic rings. The maximum absolute atomic E-state index is 12.1. The molecule has 0 bridgehead atoms. The van der Waals surface area contributed by atoms with Crippen molar-refractivity contribution in [2.75, 3.05) is 12.4 Å². The van der Waals surface area contributed by atoms with Crippen LogP contribution in [0.4, 0.5) is 5.69 Å². The third kappa shape index (κ3) is 3.41. The molecule has 2 aromatic rings. The predicted octanol–water partition coefficient (Wildman–Crippen LogP) is 3.27. The number of benzene rings is 1. The van der Waals surface area contributed by atoms with E-state index in [1.54, 1.807) is 12.1 Å². The van der Waals surface area contributed by atoms with E-state index in [1.807, 2.05) is 13.0 Å². The largest absolute Gasteiger partial charge is 0.497 e. The van der Waals surface area contributed by atoms with Crippen molar-refractivity contribution in [3.05, 3.63) is 45.6 Å². The number of carboxylic acids is 1. The molecule has 2 N–H and O–H groups in total. The first-order chi connectivity index (χ1) is 10.0. The van der Waals surface area contributed by atoms with Crippen molar-refractivity contribution in [1.29, 1.82) is 0 Å². The fourth-order valence-electron chi connectivity index (χ4n) is 1.81. The molecule has 5 nitrogen and oxygen atoms in total. The van der Waals surface area contributed by atoms with Crippen molar-refractivity contribution < 1.29 is 19.4 Å². The molecule has 0 unspecified atom stereocenters. The first-order valence-corrected chi connectivity index (χ1v) is 7.18. The summed E-state index contributed by atoms with van der Waals surface area (Å²) in [5.41, 5.74) is 0.245. The number of aromatic carboxylic acids is 1. The van der Waals surface area contributed by atoms with Crippen LogP contribution < -0.4 is 10.1 Å². The summed E-state index contributed by atoms with van der Waals surface area (Å²) in [5.74, 6) is -1.01. The number of hydrogen-bond acceptors (Lipinski definition) is 4. The van der Waals surface area contributed by atoms with Gasteiger partial charge in [0.25, 0.3) is 5.91 Å². The van der Waals surface area contributed by atoms with Gasteiger partial charge in [-0.05, 0) is 36.8 Å². The van der Waals surface area contributed by atoms with Crippen LogP contribution >= 0.6 is 11.3 Å². The van der Waals surface area contributed by atoms with Gasteiger partial charge in [0.1, 0.15) is 5.75 Å². The van der Waals surface area contributed by atoms with Gasteiger partial charge in [-0.1, -0.05) is 6.92 Å². The van der Waals surface area contributed by atoms with Gasteiger partial charge < -0.3 is 15.2 Å². The molecular formula is C15H15NO4S. The van der Waals surface area contributed by atoms with E-state index in [2.05, 4.69) is 5.32 Å². The van der Waals surface area contributed by atoms with Crippen LogP contribution in [-0.2, 0) is 6.42 Å². The van der Waals surface area contributed by atoms with Crippen LogP contribution in [0.2, 0.25) is 0 Å². The second-order valence-corrected chi connectivity index (χ2v) is 5.46. The molecule has 0 fully saturated rings. The Kier molecular flexibility index (Phi) is 4.59. The van der Waals surface area contributed by atoms with E-state index >= 15 is 0 Å². The molecule has 21 heavy (non-hydrogen) atoms. The summed E-state index contributed by atoms with van der Waals surface area (Å²) in [4.78, 5) is 25.1. The molecule has 0 aliphatic heterocycles. The van der Waals surface area contributed by atoms with Gasteiger partial charge in [0.15, 0.2) is 0 Å². The van der Waals surface area contributed by atoms with Gasteiger partial charge >= 0.3 is 5.97 Å². The highest BCUT2D eigenvalue weighted by molar-refractivity contribution is 7.14. The minimum absolute atomic E-state index is 0.00466. The van der Waals surface area contributed by atoms with Crippen molar-refractivity contribution in [2.24, 2.45) is 0 Å². The lowest BCUT2D eigenvalue weighted by molar-refractivity contribution is 0.0697. The zero-order chi connectivity index (χ0) is 15.4. The van der Waals surface area contributed by atoms with Crippen LogP contribution in [0.3, 0.4) is 0 Å². The highest BCUT2D eigenvalue weighted by atomic mass is 32.1. The fraction of sp³-hybridized carbons (Fsp3) is 0.200. The molecule has 0 spiro atoms. The molecule has 6 heteroatoms. The molecule has 1 amide bonds. The van der Waals surface area contributed by atoms with Crippen molar-refractivity contribution in [3.63, 3.8) is 0 Å². The van der Waals surface area contributed by atoms with Crippen LogP contribution in [-0.4, -0.2) is 24.1 Å². The number of carbonyl (C=O) groups excluding carboxylic acids is 1. The first-order valence-electron chi connectivity index (χ1n) is 6.36. The van der Waals surface area contributed by atoms with Crippen LogP contribution in [0, 0.1) is 0 Å². The standard InChI is InChI=1S/C15H15NO4S/c1-3-10-5-7-13(21-10)14(17)16-12-6-4-9(20-2)8-11(12)15(18)19/h4-8H,3H2,1-2H3,(H,16,17)(H,18,19). The number of rotatable bonds is 5. The average Bonchev–Trinajstić information content (AvgIpc) is 2.96. The Morgan fingerprint density at radius 2 is 2.05 bits per heavy atom. The van der Waals surface area contributed by atoms with Gasteiger partial charge in [0.2, 0.25) is 0 Å². The summed E-state index contributed by atoms with van der Waals surface area (Å²) in [6.45, 7) is 2.01. The minimum atomic E-state index is -1.12.